The Morgan fingerprint density at radius 2 is 0.695 bits per heavy atom. The highest BCUT2D eigenvalue weighted by molar-refractivity contribution is 5.71. The molecule has 0 aromatic rings. The molecule has 1 atom stereocenters. The molecule has 0 aliphatic rings. The monoisotopic (exact) mass is 823 g/mol. The summed E-state index contributed by atoms with van der Waals surface area (Å²) < 4.78 is 16.6. The molecule has 0 spiro atoms. The predicted octanol–water partition coefficient (Wildman–Crippen LogP) is 15.9. The number of allylic oxidation sites excluding steroid dienone is 12. The number of hydrogen-bond acceptors (Lipinski definition) is 6. The van der Waals surface area contributed by atoms with Crippen molar-refractivity contribution >= 4 is 17.9 Å². The number of rotatable bonds is 43. The zero-order valence-corrected chi connectivity index (χ0v) is 38.5. The second-order valence-corrected chi connectivity index (χ2v) is 16.1. The fourth-order valence-electron chi connectivity index (χ4n) is 6.65. The van der Waals surface area contributed by atoms with E-state index in [4.69, 9.17) is 14.2 Å². The molecule has 0 radical (unpaired) electrons. The first-order chi connectivity index (χ1) is 29.0. The van der Waals surface area contributed by atoms with Gasteiger partial charge in [0.1, 0.15) is 13.2 Å². The van der Waals surface area contributed by atoms with Crippen molar-refractivity contribution in [2.75, 3.05) is 13.2 Å². The lowest BCUT2D eigenvalue weighted by atomic mass is 10.0. The van der Waals surface area contributed by atoms with Crippen LogP contribution in [0.2, 0.25) is 0 Å². The lowest BCUT2D eigenvalue weighted by molar-refractivity contribution is -0.167. The molecule has 0 amide bonds. The zero-order chi connectivity index (χ0) is 43.0. The lowest BCUT2D eigenvalue weighted by Gasteiger charge is -2.18. The van der Waals surface area contributed by atoms with Crippen LogP contribution in [0.3, 0.4) is 0 Å². The quantitative estimate of drug-likeness (QED) is 0.0200. The van der Waals surface area contributed by atoms with Gasteiger partial charge in [-0.15, -0.1) is 0 Å². The van der Waals surface area contributed by atoms with Gasteiger partial charge in [-0.25, -0.2) is 0 Å². The van der Waals surface area contributed by atoms with E-state index in [0.717, 1.165) is 44.9 Å². The standard InChI is InChI=1S/C53H90O6/c1-4-7-10-13-16-19-21-23-24-25-26-27-28-30-31-34-37-40-43-46-52(55)58-49-50(48-57-51(54)45-42-39-36-33-18-15-12-9-6-3)59-53(56)47-44-41-38-35-32-29-22-20-17-14-11-8-5-2/h8,11,14,17,20,22,29,32-33,35-36,38,50H,4-7,9-10,12-13,15-16,18-19,21,23-28,30-31,34,37,39-49H2,1-3H3/b11-8-,17-14-,22-20-,32-29-,36-33-,38-35-. The van der Waals surface area contributed by atoms with Crippen LogP contribution >= 0.6 is 0 Å². The minimum absolute atomic E-state index is 0.111. The molecule has 0 N–H and O–H groups in total. The van der Waals surface area contributed by atoms with E-state index < -0.39 is 6.10 Å². The van der Waals surface area contributed by atoms with Crippen LogP contribution in [-0.4, -0.2) is 37.2 Å². The summed E-state index contributed by atoms with van der Waals surface area (Å²) in [5.41, 5.74) is 0. The van der Waals surface area contributed by atoms with E-state index in [1.54, 1.807) is 0 Å². The first kappa shape index (κ1) is 55.9. The van der Waals surface area contributed by atoms with Crippen molar-refractivity contribution in [1.29, 1.82) is 0 Å². The SMILES string of the molecule is CC\C=C/C=C\C=C/C=C\C=C/CCCC(=O)OC(COC(=O)CCC/C=C\CCCCCC)COC(=O)CCCCCCCCCCCCCCCCCCCCC. The highest BCUT2D eigenvalue weighted by Crippen LogP contribution is 2.15. The number of hydrogen-bond donors (Lipinski definition) is 0. The van der Waals surface area contributed by atoms with Gasteiger partial charge in [-0.05, 0) is 51.4 Å². The van der Waals surface area contributed by atoms with E-state index in [0.29, 0.717) is 25.7 Å². The molecule has 6 nitrogen and oxygen atoms in total. The van der Waals surface area contributed by atoms with Gasteiger partial charge < -0.3 is 14.2 Å². The third-order valence-electron chi connectivity index (χ3n) is 10.3. The van der Waals surface area contributed by atoms with Crippen LogP contribution in [-0.2, 0) is 28.6 Å². The summed E-state index contributed by atoms with van der Waals surface area (Å²) in [6.07, 6.45) is 59.1. The van der Waals surface area contributed by atoms with E-state index >= 15 is 0 Å². The van der Waals surface area contributed by atoms with Crippen molar-refractivity contribution < 1.29 is 28.6 Å². The maximum absolute atomic E-state index is 12.7. The maximum atomic E-state index is 12.7. The Balaban J connectivity index is 4.37. The molecule has 0 aliphatic heterocycles. The van der Waals surface area contributed by atoms with Gasteiger partial charge in [-0.1, -0.05) is 229 Å². The fraction of sp³-hybridized carbons (Fsp3) is 0.717. The summed E-state index contributed by atoms with van der Waals surface area (Å²) in [6.45, 7) is 6.37. The Bertz CT molecular complexity index is 1130. The number of ether oxygens (including phenoxy) is 3. The molecule has 338 valence electrons. The van der Waals surface area contributed by atoms with Gasteiger partial charge in [-0.3, -0.25) is 14.4 Å². The van der Waals surface area contributed by atoms with Gasteiger partial charge in [0, 0.05) is 19.3 Å². The Morgan fingerprint density at radius 3 is 1.15 bits per heavy atom. The second-order valence-electron chi connectivity index (χ2n) is 16.1. The summed E-state index contributed by atoms with van der Waals surface area (Å²) in [6, 6.07) is 0. The van der Waals surface area contributed by atoms with E-state index in [2.05, 4.69) is 39.0 Å². The van der Waals surface area contributed by atoms with Gasteiger partial charge in [0.15, 0.2) is 6.10 Å². The van der Waals surface area contributed by atoms with Crippen LogP contribution in [0.4, 0.5) is 0 Å². The number of carbonyl (C=O) groups excluding carboxylic acids is 3. The van der Waals surface area contributed by atoms with Crippen molar-refractivity contribution in [2.45, 2.75) is 232 Å². The third-order valence-corrected chi connectivity index (χ3v) is 10.3. The second kappa shape index (κ2) is 47.5. The molecule has 0 heterocycles. The molecule has 0 saturated heterocycles. The zero-order valence-electron chi connectivity index (χ0n) is 38.5. The maximum Gasteiger partial charge on any atom is 0.306 e. The van der Waals surface area contributed by atoms with Crippen molar-refractivity contribution in [3.63, 3.8) is 0 Å². The first-order valence-electron chi connectivity index (χ1n) is 24.5. The molecule has 0 bridgehead atoms. The Kier molecular flexibility index (Phi) is 45.0. The lowest BCUT2D eigenvalue weighted by Crippen LogP contribution is -2.30. The highest BCUT2D eigenvalue weighted by atomic mass is 16.6. The van der Waals surface area contributed by atoms with Gasteiger partial charge in [-0.2, -0.15) is 0 Å². The summed E-state index contributed by atoms with van der Waals surface area (Å²) in [4.78, 5) is 37.7. The van der Waals surface area contributed by atoms with Gasteiger partial charge in [0.2, 0.25) is 0 Å². The van der Waals surface area contributed by atoms with Gasteiger partial charge >= 0.3 is 17.9 Å². The minimum atomic E-state index is -0.819. The van der Waals surface area contributed by atoms with Crippen LogP contribution in [0, 0.1) is 0 Å². The molecule has 0 aromatic heterocycles. The van der Waals surface area contributed by atoms with Crippen molar-refractivity contribution in [2.24, 2.45) is 0 Å². The predicted molar refractivity (Wildman–Crippen MR) is 251 cm³/mol. The van der Waals surface area contributed by atoms with Crippen molar-refractivity contribution in [3.8, 4) is 0 Å². The first-order valence-corrected chi connectivity index (χ1v) is 24.5. The minimum Gasteiger partial charge on any atom is -0.462 e. The van der Waals surface area contributed by atoms with E-state index in [9.17, 15) is 14.4 Å². The van der Waals surface area contributed by atoms with Crippen LogP contribution in [0.5, 0.6) is 0 Å². The molecule has 0 rings (SSSR count). The van der Waals surface area contributed by atoms with Gasteiger partial charge in [0.25, 0.3) is 0 Å². The average molecular weight is 823 g/mol. The normalized spacial score (nSPS) is 12.7. The summed E-state index contributed by atoms with van der Waals surface area (Å²) in [5.74, 6) is -1.02. The third kappa shape index (κ3) is 45.8. The Morgan fingerprint density at radius 1 is 0.356 bits per heavy atom. The molecule has 0 aromatic carbocycles. The van der Waals surface area contributed by atoms with Crippen LogP contribution in [0.25, 0.3) is 0 Å². The molecule has 6 heteroatoms. The molecule has 0 fully saturated rings. The van der Waals surface area contributed by atoms with Gasteiger partial charge in [0.05, 0.1) is 0 Å². The molecular formula is C53H90O6. The Hall–Kier alpha value is -3.15. The average Bonchev–Trinajstić information content (AvgIpc) is 3.23. The Labute approximate surface area is 363 Å². The fourth-order valence-corrected chi connectivity index (χ4v) is 6.65. The topological polar surface area (TPSA) is 78.9 Å². The molecule has 0 aliphatic carbocycles. The highest BCUT2D eigenvalue weighted by Gasteiger charge is 2.19. The van der Waals surface area contributed by atoms with Crippen molar-refractivity contribution in [1.82, 2.24) is 0 Å². The van der Waals surface area contributed by atoms with Crippen LogP contribution < -0.4 is 0 Å². The molecule has 59 heavy (non-hydrogen) atoms. The molecular weight excluding hydrogens is 733 g/mol. The summed E-state index contributed by atoms with van der Waals surface area (Å²) >= 11 is 0. The van der Waals surface area contributed by atoms with Crippen LogP contribution in [0.1, 0.15) is 226 Å². The van der Waals surface area contributed by atoms with E-state index in [-0.39, 0.29) is 37.5 Å². The molecule has 1 unspecified atom stereocenters. The smallest absolute Gasteiger partial charge is 0.306 e. The molecule has 0 saturated carbocycles. The number of unbranched alkanes of at least 4 members (excludes halogenated alkanes) is 24. The number of esters is 3. The van der Waals surface area contributed by atoms with E-state index in [1.165, 1.54) is 128 Å². The largest absolute Gasteiger partial charge is 0.462 e. The van der Waals surface area contributed by atoms with E-state index in [1.807, 2.05) is 54.7 Å². The van der Waals surface area contributed by atoms with Crippen molar-refractivity contribution in [3.05, 3.63) is 72.9 Å². The number of carbonyl (C=O) groups is 3. The summed E-state index contributed by atoms with van der Waals surface area (Å²) in [5, 5.41) is 0. The summed E-state index contributed by atoms with van der Waals surface area (Å²) in [7, 11) is 0. The van der Waals surface area contributed by atoms with Crippen LogP contribution in [0.15, 0.2) is 72.9 Å².